The van der Waals surface area contributed by atoms with Crippen LogP contribution in [-0.2, 0) is 17.8 Å². The number of benzene rings is 2. The monoisotopic (exact) mass is 515 g/mol. The van der Waals surface area contributed by atoms with E-state index in [0.29, 0.717) is 6.42 Å². The van der Waals surface area contributed by atoms with Gasteiger partial charge in [0.2, 0.25) is 6.41 Å². The zero-order valence-electron chi connectivity index (χ0n) is 21.7. The number of pyridine rings is 1. The van der Waals surface area contributed by atoms with Crippen molar-refractivity contribution in [3.05, 3.63) is 115 Å². The van der Waals surface area contributed by atoms with E-state index in [0.717, 1.165) is 64.4 Å². The second-order valence-electron chi connectivity index (χ2n) is 9.47. The lowest BCUT2D eigenvalue weighted by atomic mass is 10.0. The highest BCUT2D eigenvalue weighted by Crippen LogP contribution is 2.34. The van der Waals surface area contributed by atoms with Crippen LogP contribution in [-0.4, -0.2) is 35.5 Å². The molecule has 8 nitrogen and oxygen atoms in total. The largest absolute Gasteiger partial charge is 0.341 e. The van der Waals surface area contributed by atoms with Gasteiger partial charge in [0.15, 0.2) is 0 Å². The van der Waals surface area contributed by atoms with E-state index in [2.05, 4.69) is 38.6 Å². The number of carbonyl (C=O) groups is 1. The molecule has 0 aliphatic carbocycles. The number of nitrogens with zero attached hydrogens (tertiary/aromatic N) is 6. The van der Waals surface area contributed by atoms with Crippen molar-refractivity contribution >= 4 is 23.1 Å². The van der Waals surface area contributed by atoms with Crippen molar-refractivity contribution in [2.45, 2.75) is 32.4 Å². The summed E-state index contributed by atoms with van der Waals surface area (Å²) >= 11 is 0. The molecule has 0 fully saturated rings. The summed E-state index contributed by atoms with van der Waals surface area (Å²) in [6.07, 6.45) is 13.4. The highest BCUT2D eigenvalue weighted by atomic mass is 16.1. The fraction of sp³-hybridized carbons (Fsp3) is 0.161. The van der Waals surface area contributed by atoms with Gasteiger partial charge >= 0.3 is 0 Å². The van der Waals surface area contributed by atoms with E-state index in [1.54, 1.807) is 29.8 Å². The number of anilines is 1. The van der Waals surface area contributed by atoms with Gasteiger partial charge in [-0.25, -0.2) is 9.97 Å². The molecule has 194 valence electrons. The Bertz CT molecular complexity index is 1650. The van der Waals surface area contributed by atoms with Gasteiger partial charge < -0.3 is 14.1 Å². The fourth-order valence-electron chi connectivity index (χ4n) is 5.20. The van der Waals surface area contributed by atoms with Gasteiger partial charge in [0.05, 0.1) is 29.9 Å². The van der Waals surface area contributed by atoms with Gasteiger partial charge in [-0.1, -0.05) is 43.3 Å². The molecule has 0 aliphatic heterocycles. The number of rotatable bonds is 10. The maximum Gasteiger partial charge on any atom is 0.215 e. The van der Waals surface area contributed by atoms with Crippen molar-refractivity contribution < 1.29 is 4.79 Å². The number of imidazole rings is 2. The molecule has 1 amide bonds. The number of carbonyl (C=O) groups excluding carboxylic acids is 1. The van der Waals surface area contributed by atoms with Crippen LogP contribution < -0.4 is 4.90 Å². The molecule has 4 heterocycles. The second kappa shape index (κ2) is 10.8. The summed E-state index contributed by atoms with van der Waals surface area (Å²) in [6.45, 7) is 2.91. The molecule has 6 rings (SSSR count). The average Bonchev–Trinajstić information content (AvgIpc) is 3.74. The highest BCUT2D eigenvalue weighted by Gasteiger charge is 2.28. The summed E-state index contributed by atoms with van der Waals surface area (Å²) in [5.74, 6) is 1.56. The minimum atomic E-state index is -0.348. The normalized spacial score (nSPS) is 12.0. The highest BCUT2D eigenvalue weighted by molar-refractivity contribution is 5.88. The first-order valence-electron chi connectivity index (χ1n) is 13.1. The summed E-state index contributed by atoms with van der Waals surface area (Å²) in [5, 5.41) is 1.05. The van der Waals surface area contributed by atoms with Crippen LogP contribution in [0.3, 0.4) is 0 Å². The summed E-state index contributed by atoms with van der Waals surface area (Å²) in [5.41, 5.74) is 5.12. The van der Waals surface area contributed by atoms with Crippen LogP contribution in [0.15, 0.2) is 104 Å². The quantitative estimate of drug-likeness (QED) is 0.228. The number of hydrogen-bond acceptors (Lipinski definition) is 4. The standard InChI is InChI=1S/C31H29N7O/c1-2-16-37-29(25-8-4-6-10-27(25)36-17-15-33-21-36)20-34-31(37)28(18-23-11-13-32-14-12-23)38(22-39)30-19-24-7-3-5-9-26(24)35-30/h3-15,17,19-22,28,35H,2,16,18H2,1H3/t28-/m0/s1. The summed E-state index contributed by atoms with van der Waals surface area (Å²) in [6, 6.07) is 21.9. The van der Waals surface area contributed by atoms with Crippen LogP contribution in [0.4, 0.5) is 5.82 Å². The first-order chi connectivity index (χ1) is 19.3. The fourth-order valence-corrected chi connectivity index (χ4v) is 5.20. The average molecular weight is 516 g/mol. The van der Waals surface area contributed by atoms with Gasteiger partial charge in [-0.05, 0) is 42.3 Å². The topological polar surface area (TPSA) is 84.6 Å². The third-order valence-corrected chi connectivity index (χ3v) is 7.02. The SMILES string of the molecule is CCCn1c(-c2ccccc2-n2ccnc2)cnc1[C@H](Cc1ccncc1)N(C=O)c1cc2ccccc2[nH]1. The Kier molecular flexibility index (Phi) is 6.74. The van der Waals surface area contributed by atoms with E-state index in [4.69, 9.17) is 4.98 Å². The molecule has 0 spiro atoms. The van der Waals surface area contributed by atoms with Crippen LogP contribution in [0.2, 0.25) is 0 Å². The van der Waals surface area contributed by atoms with Crippen molar-refractivity contribution in [3.63, 3.8) is 0 Å². The molecule has 0 radical (unpaired) electrons. The van der Waals surface area contributed by atoms with E-state index in [-0.39, 0.29) is 6.04 Å². The molecule has 0 saturated carbocycles. The molecule has 1 atom stereocenters. The first-order valence-corrected chi connectivity index (χ1v) is 13.1. The van der Waals surface area contributed by atoms with Gasteiger partial charge in [-0.3, -0.25) is 14.7 Å². The lowest BCUT2D eigenvalue weighted by molar-refractivity contribution is -0.108. The third-order valence-electron chi connectivity index (χ3n) is 7.02. The Morgan fingerprint density at radius 3 is 2.59 bits per heavy atom. The molecule has 6 aromatic rings. The number of fused-ring (bicyclic) bond motifs is 1. The Hall–Kier alpha value is -4.98. The van der Waals surface area contributed by atoms with E-state index in [1.165, 1.54) is 0 Å². The molecular weight excluding hydrogens is 486 g/mol. The van der Waals surface area contributed by atoms with Crippen LogP contribution in [0.5, 0.6) is 0 Å². The minimum absolute atomic E-state index is 0.348. The number of para-hydroxylation sites is 2. The number of amides is 1. The second-order valence-corrected chi connectivity index (χ2v) is 9.47. The van der Waals surface area contributed by atoms with E-state index in [9.17, 15) is 4.79 Å². The van der Waals surface area contributed by atoms with Crippen molar-refractivity contribution in [1.29, 1.82) is 0 Å². The molecule has 8 heteroatoms. The number of hydrogen-bond donors (Lipinski definition) is 1. The summed E-state index contributed by atoms with van der Waals surface area (Å²) < 4.78 is 4.26. The van der Waals surface area contributed by atoms with Gasteiger partial charge in [-0.2, -0.15) is 0 Å². The molecule has 39 heavy (non-hydrogen) atoms. The number of aromatic nitrogens is 6. The van der Waals surface area contributed by atoms with Gasteiger partial charge in [0.25, 0.3) is 0 Å². The molecule has 1 N–H and O–H groups in total. The lowest BCUT2D eigenvalue weighted by Gasteiger charge is -2.28. The van der Waals surface area contributed by atoms with Crippen molar-refractivity contribution in [2.75, 3.05) is 4.90 Å². The molecule has 4 aromatic heterocycles. The molecule has 0 unspecified atom stereocenters. The van der Waals surface area contributed by atoms with Crippen LogP contribution in [0.1, 0.15) is 30.8 Å². The number of H-pyrrole nitrogens is 1. The van der Waals surface area contributed by atoms with Crippen LogP contribution >= 0.6 is 0 Å². The predicted octanol–water partition coefficient (Wildman–Crippen LogP) is 5.97. The zero-order chi connectivity index (χ0) is 26.6. The lowest BCUT2D eigenvalue weighted by Crippen LogP contribution is -2.31. The van der Waals surface area contributed by atoms with Crippen molar-refractivity contribution in [1.82, 2.24) is 29.1 Å². The minimum Gasteiger partial charge on any atom is -0.341 e. The Balaban J connectivity index is 1.50. The number of nitrogens with one attached hydrogen (secondary N) is 1. The smallest absolute Gasteiger partial charge is 0.215 e. The van der Waals surface area contributed by atoms with Crippen LogP contribution in [0, 0.1) is 0 Å². The molecular formula is C31H29N7O. The van der Waals surface area contributed by atoms with Gasteiger partial charge in [0, 0.05) is 54.2 Å². The van der Waals surface area contributed by atoms with Crippen molar-refractivity contribution in [3.8, 4) is 16.9 Å². The van der Waals surface area contributed by atoms with Crippen LogP contribution in [0.25, 0.3) is 27.8 Å². The molecule has 2 aromatic carbocycles. The first kappa shape index (κ1) is 24.4. The van der Waals surface area contributed by atoms with E-state index < -0.39 is 0 Å². The van der Waals surface area contributed by atoms with Gasteiger partial charge in [-0.15, -0.1) is 0 Å². The molecule has 0 saturated heterocycles. The summed E-state index contributed by atoms with van der Waals surface area (Å²) in [4.78, 5) is 31.4. The molecule has 0 bridgehead atoms. The van der Waals surface area contributed by atoms with Gasteiger partial charge in [0.1, 0.15) is 11.6 Å². The zero-order valence-corrected chi connectivity index (χ0v) is 21.7. The Morgan fingerprint density at radius 1 is 1.00 bits per heavy atom. The summed E-state index contributed by atoms with van der Waals surface area (Å²) in [7, 11) is 0. The Labute approximate surface area is 226 Å². The van der Waals surface area contributed by atoms with E-state index >= 15 is 0 Å². The third kappa shape index (κ3) is 4.72. The maximum atomic E-state index is 12.8. The Morgan fingerprint density at radius 2 is 1.82 bits per heavy atom. The molecule has 0 aliphatic rings. The van der Waals surface area contributed by atoms with E-state index in [1.807, 2.05) is 71.6 Å². The maximum absolute atomic E-state index is 12.8. The predicted molar refractivity (Wildman–Crippen MR) is 153 cm³/mol. The van der Waals surface area contributed by atoms with Crippen molar-refractivity contribution in [2.24, 2.45) is 0 Å². The number of aromatic amines is 1.